The predicted octanol–water partition coefficient (Wildman–Crippen LogP) is 3.26. The van der Waals surface area contributed by atoms with Gasteiger partial charge in [0.15, 0.2) is 5.13 Å². The summed E-state index contributed by atoms with van der Waals surface area (Å²) in [6, 6.07) is -0.245. The number of thiazole rings is 1. The van der Waals surface area contributed by atoms with E-state index in [0.29, 0.717) is 17.6 Å². The highest BCUT2D eigenvalue weighted by Gasteiger charge is 2.35. The third kappa shape index (κ3) is 3.60. The van der Waals surface area contributed by atoms with Crippen LogP contribution in [0.5, 0.6) is 0 Å². The normalized spacial score (nSPS) is 16.2. The molecule has 0 saturated heterocycles. The summed E-state index contributed by atoms with van der Waals surface area (Å²) in [5.74, 6) is 0.406. The fourth-order valence-corrected chi connectivity index (χ4v) is 3.12. The first kappa shape index (κ1) is 14.6. The number of hydrogen-bond donors (Lipinski definition) is 1. The fraction of sp³-hybridized carbons (Fsp3) is 0.750. The molecule has 1 aliphatic carbocycles. The van der Waals surface area contributed by atoms with Crippen LogP contribution in [0, 0.1) is 0 Å². The van der Waals surface area contributed by atoms with Gasteiger partial charge in [-0.15, -0.1) is 11.3 Å². The molecule has 0 amide bonds. The number of alkyl halides is 3. The van der Waals surface area contributed by atoms with E-state index in [4.69, 9.17) is 5.73 Å². The molecular weight excluding hydrogens is 275 g/mol. The lowest BCUT2D eigenvalue weighted by Crippen LogP contribution is -2.39. The molecule has 108 valence electrons. The SMILES string of the molecule is CC(C)N(CC(F)(F)F)c1nc(C2CC2)c(CN)s1. The van der Waals surface area contributed by atoms with Crippen LogP contribution in [-0.4, -0.2) is 23.7 Å². The van der Waals surface area contributed by atoms with Crippen molar-refractivity contribution in [1.82, 2.24) is 4.98 Å². The lowest BCUT2D eigenvalue weighted by Gasteiger charge is -2.27. The molecule has 0 spiro atoms. The summed E-state index contributed by atoms with van der Waals surface area (Å²) < 4.78 is 37.9. The Balaban J connectivity index is 2.26. The van der Waals surface area contributed by atoms with E-state index in [1.807, 2.05) is 0 Å². The third-order valence-corrected chi connectivity index (χ3v) is 4.21. The van der Waals surface area contributed by atoms with Crippen LogP contribution in [0.2, 0.25) is 0 Å². The molecule has 1 aromatic heterocycles. The van der Waals surface area contributed by atoms with E-state index in [0.717, 1.165) is 23.4 Å². The van der Waals surface area contributed by atoms with E-state index in [1.165, 1.54) is 16.2 Å². The predicted molar refractivity (Wildman–Crippen MR) is 70.5 cm³/mol. The molecule has 0 unspecified atom stereocenters. The second kappa shape index (κ2) is 5.28. The summed E-state index contributed by atoms with van der Waals surface area (Å²) in [5.41, 5.74) is 6.58. The Hall–Kier alpha value is -0.820. The summed E-state index contributed by atoms with van der Waals surface area (Å²) in [6.45, 7) is 2.87. The van der Waals surface area contributed by atoms with Crippen LogP contribution in [-0.2, 0) is 6.54 Å². The Kier molecular flexibility index (Phi) is 4.06. The fourth-order valence-electron chi connectivity index (χ4n) is 1.96. The van der Waals surface area contributed by atoms with Crippen molar-refractivity contribution in [3.05, 3.63) is 10.6 Å². The zero-order valence-corrected chi connectivity index (χ0v) is 11.8. The monoisotopic (exact) mass is 293 g/mol. The zero-order valence-electron chi connectivity index (χ0n) is 11.0. The van der Waals surface area contributed by atoms with Crippen molar-refractivity contribution in [3.8, 4) is 0 Å². The molecule has 0 aliphatic heterocycles. The second-order valence-corrected chi connectivity index (χ2v) is 6.18. The molecule has 3 nitrogen and oxygen atoms in total. The van der Waals surface area contributed by atoms with Gasteiger partial charge < -0.3 is 10.6 Å². The van der Waals surface area contributed by atoms with E-state index in [-0.39, 0.29) is 6.04 Å². The van der Waals surface area contributed by atoms with Gasteiger partial charge in [0.1, 0.15) is 6.54 Å². The Morgan fingerprint density at radius 3 is 2.47 bits per heavy atom. The van der Waals surface area contributed by atoms with Crippen molar-refractivity contribution in [1.29, 1.82) is 0 Å². The zero-order chi connectivity index (χ0) is 14.2. The summed E-state index contributed by atoms with van der Waals surface area (Å²) in [6.07, 6.45) is -2.09. The minimum Gasteiger partial charge on any atom is -0.337 e. The van der Waals surface area contributed by atoms with Gasteiger partial charge in [-0.1, -0.05) is 0 Å². The van der Waals surface area contributed by atoms with Gasteiger partial charge in [0.2, 0.25) is 0 Å². The van der Waals surface area contributed by atoms with Gasteiger partial charge in [-0.05, 0) is 26.7 Å². The molecule has 1 aliphatic rings. The maximum atomic E-state index is 12.6. The molecule has 1 fully saturated rings. The van der Waals surface area contributed by atoms with Crippen molar-refractivity contribution in [3.63, 3.8) is 0 Å². The third-order valence-electron chi connectivity index (χ3n) is 3.08. The Labute approximate surface area is 114 Å². The van der Waals surface area contributed by atoms with Gasteiger partial charge in [0.25, 0.3) is 0 Å². The minimum absolute atomic E-state index is 0.245. The largest absolute Gasteiger partial charge is 0.406 e. The number of aromatic nitrogens is 1. The van der Waals surface area contributed by atoms with Gasteiger partial charge >= 0.3 is 6.18 Å². The molecule has 0 bridgehead atoms. The summed E-state index contributed by atoms with van der Waals surface area (Å²) >= 11 is 1.29. The Bertz CT molecular complexity index is 438. The van der Waals surface area contributed by atoms with Crippen LogP contribution in [0.3, 0.4) is 0 Å². The molecule has 19 heavy (non-hydrogen) atoms. The lowest BCUT2D eigenvalue weighted by molar-refractivity contribution is -0.120. The van der Waals surface area contributed by atoms with E-state index < -0.39 is 12.7 Å². The van der Waals surface area contributed by atoms with Gasteiger partial charge in [-0.3, -0.25) is 0 Å². The molecule has 0 atom stereocenters. The lowest BCUT2D eigenvalue weighted by atomic mass is 10.2. The van der Waals surface area contributed by atoms with Crippen LogP contribution in [0.4, 0.5) is 18.3 Å². The van der Waals surface area contributed by atoms with Crippen LogP contribution in [0.1, 0.15) is 43.2 Å². The van der Waals surface area contributed by atoms with E-state index >= 15 is 0 Å². The standard InChI is InChI=1S/C12H18F3N3S/c1-7(2)18(6-12(13,14)15)11-17-10(8-3-4-8)9(5-16)19-11/h7-8H,3-6,16H2,1-2H3. The van der Waals surface area contributed by atoms with Gasteiger partial charge in [0, 0.05) is 23.4 Å². The Morgan fingerprint density at radius 1 is 1.42 bits per heavy atom. The first-order valence-electron chi connectivity index (χ1n) is 6.35. The highest BCUT2D eigenvalue weighted by molar-refractivity contribution is 7.15. The van der Waals surface area contributed by atoms with E-state index in [9.17, 15) is 13.2 Å². The van der Waals surface area contributed by atoms with Crippen LogP contribution < -0.4 is 10.6 Å². The summed E-state index contributed by atoms with van der Waals surface area (Å²) in [5, 5.41) is 0.440. The topological polar surface area (TPSA) is 42.2 Å². The maximum Gasteiger partial charge on any atom is 0.406 e. The quantitative estimate of drug-likeness (QED) is 0.906. The molecule has 7 heteroatoms. The highest BCUT2D eigenvalue weighted by atomic mass is 32.1. The van der Waals surface area contributed by atoms with Crippen LogP contribution >= 0.6 is 11.3 Å². The maximum absolute atomic E-state index is 12.6. The molecule has 2 rings (SSSR count). The summed E-state index contributed by atoms with van der Waals surface area (Å²) in [4.78, 5) is 6.64. The van der Waals surface area contributed by atoms with Crippen molar-refractivity contribution in [2.24, 2.45) is 5.73 Å². The second-order valence-electron chi connectivity index (χ2n) is 5.12. The molecular formula is C12H18F3N3S. The Morgan fingerprint density at radius 2 is 2.05 bits per heavy atom. The van der Waals surface area contributed by atoms with Crippen molar-refractivity contribution >= 4 is 16.5 Å². The van der Waals surface area contributed by atoms with Crippen molar-refractivity contribution < 1.29 is 13.2 Å². The first-order chi connectivity index (χ1) is 8.81. The van der Waals surface area contributed by atoms with Gasteiger partial charge in [-0.2, -0.15) is 13.2 Å². The average Bonchev–Trinajstić information content (AvgIpc) is 3.04. The van der Waals surface area contributed by atoms with E-state index in [2.05, 4.69) is 4.98 Å². The van der Waals surface area contributed by atoms with Crippen molar-refractivity contribution in [2.45, 2.75) is 51.4 Å². The first-order valence-corrected chi connectivity index (χ1v) is 7.16. The minimum atomic E-state index is -4.22. The number of rotatable bonds is 5. The highest BCUT2D eigenvalue weighted by Crippen LogP contribution is 2.44. The molecule has 2 N–H and O–H groups in total. The molecule has 1 aromatic rings. The number of hydrogen-bond acceptors (Lipinski definition) is 4. The summed E-state index contributed by atoms with van der Waals surface area (Å²) in [7, 11) is 0. The number of halogens is 3. The van der Waals surface area contributed by atoms with Crippen LogP contribution in [0.15, 0.2) is 0 Å². The molecule has 0 aromatic carbocycles. The van der Waals surface area contributed by atoms with Crippen molar-refractivity contribution in [2.75, 3.05) is 11.4 Å². The van der Waals surface area contributed by atoms with Gasteiger partial charge in [-0.25, -0.2) is 4.98 Å². The molecule has 1 heterocycles. The number of anilines is 1. The average molecular weight is 293 g/mol. The molecule has 0 radical (unpaired) electrons. The van der Waals surface area contributed by atoms with E-state index in [1.54, 1.807) is 13.8 Å². The number of nitrogens with zero attached hydrogens (tertiary/aromatic N) is 2. The number of nitrogens with two attached hydrogens (primary N) is 1. The smallest absolute Gasteiger partial charge is 0.337 e. The molecule has 1 saturated carbocycles. The van der Waals surface area contributed by atoms with Crippen LogP contribution in [0.25, 0.3) is 0 Å². The van der Waals surface area contributed by atoms with Gasteiger partial charge in [0.05, 0.1) is 5.69 Å².